The topological polar surface area (TPSA) is 106 Å². The standard InChI is InChI=1S/C16H9ClN2O5S/c17-10-4-3-9(6-11(10)19(22)23)7-14-16(21)18-15(25-14)8-12(20)13-2-1-5-24-13/h1-8H,(H,18,21)/b14-7-,15-8-. The monoisotopic (exact) mass is 376 g/mol. The van der Waals surface area contributed by atoms with Gasteiger partial charge in [0, 0.05) is 12.1 Å². The molecule has 3 aromatic rings. The van der Waals surface area contributed by atoms with E-state index in [1.807, 2.05) is 0 Å². The fourth-order valence-corrected chi connectivity index (χ4v) is 3.12. The lowest BCUT2D eigenvalue weighted by molar-refractivity contribution is -0.384. The highest BCUT2D eigenvalue weighted by molar-refractivity contribution is 7.07. The predicted molar refractivity (Wildman–Crippen MR) is 93.4 cm³/mol. The molecule has 0 amide bonds. The van der Waals surface area contributed by atoms with E-state index >= 15 is 0 Å². The van der Waals surface area contributed by atoms with Crippen LogP contribution in [0.3, 0.4) is 0 Å². The molecule has 7 nitrogen and oxygen atoms in total. The largest absolute Gasteiger partial charge is 0.461 e. The Labute approximate surface area is 148 Å². The van der Waals surface area contributed by atoms with E-state index < -0.39 is 10.5 Å². The molecule has 0 unspecified atom stereocenters. The van der Waals surface area contributed by atoms with E-state index in [-0.39, 0.29) is 22.3 Å². The highest BCUT2D eigenvalue weighted by atomic mass is 35.5. The lowest BCUT2D eigenvalue weighted by atomic mass is 10.2. The lowest BCUT2D eigenvalue weighted by Gasteiger charge is -1.96. The van der Waals surface area contributed by atoms with Gasteiger partial charge in [0.1, 0.15) is 5.02 Å². The Balaban J connectivity index is 2.02. The van der Waals surface area contributed by atoms with E-state index in [0.717, 1.165) is 11.3 Å². The molecule has 126 valence electrons. The number of Topliss-reactive ketones (excluding diaryl/α,β-unsaturated/α-hetero) is 1. The number of nitrogens with one attached hydrogen (secondary N) is 1. The van der Waals surface area contributed by atoms with Crippen molar-refractivity contribution in [2.24, 2.45) is 0 Å². The molecule has 0 aliphatic heterocycles. The van der Waals surface area contributed by atoms with Crippen LogP contribution >= 0.6 is 22.9 Å². The molecule has 0 aliphatic rings. The number of H-pyrrole nitrogens is 1. The van der Waals surface area contributed by atoms with Gasteiger partial charge in [0.25, 0.3) is 11.2 Å². The van der Waals surface area contributed by atoms with Crippen molar-refractivity contribution in [3.8, 4) is 0 Å². The van der Waals surface area contributed by atoms with Crippen LogP contribution in [0.1, 0.15) is 16.1 Å². The second-order valence-corrected chi connectivity index (χ2v) is 6.37. The van der Waals surface area contributed by atoms with E-state index in [1.165, 1.54) is 36.6 Å². The molecule has 0 spiro atoms. The van der Waals surface area contributed by atoms with Crippen molar-refractivity contribution in [3.05, 3.63) is 82.6 Å². The van der Waals surface area contributed by atoms with Crippen molar-refractivity contribution < 1.29 is 14.1 Å². The first-order valence-corrected chi connectivity index (χ1v) is 8.08. The minimum Gasteiger partial charge on any atom is -0.461 e. The Bertz CT molecular complexity index is 1130. The third-order valence-electron chi connectivity index (χ3n) is 3.17. The number of furan rings is 1. The van der Waals surface area contributed by atoms with Crippen LogP contribution in [-0.4, -0.2) is 15.7 Å². The first-order valence-electron chi connectivity index (χ1n) is 6.88. The number of nitrogens with zero attached hydrogens (tertiary/aromatic N) is 1. The van der Waals surface area contributed by atoms with Gasteiger partial charge in [-0.1, -0.05) is 17.7 Å². The number of benzene rings is 1. The molecule has 1 N–H and O–H groups in total. The summed E-state index contributed by atoms with van der Waals surface area (Å²) in [5.41, 5.74) is -0.198. The van der Waals surface area contributed by atoms with Crippen LogP contribution < -0.4 is 14.8 Å². The van der Waals surface area contributed by atoms with Crippen LogP contribution in [0.2, 0.25) is 5.02 Å². The average Bonchev–Trinajstić information content (AvgIpc) is 3.19. The van der Waals surface area contributed by atoms with Gasteiger partial charge in [-0.05, 0) is 29.8 Å². The summed E-state index contributed by atoms with van der Waals surface area (Å²) in [6.45, 7) is 0. The molecule has 0 aliphatic carbocycles. The van der Waals surface area contributed by atoms with Crippen LogP contribution in [0, 0.1) is 10.1 Å². The molecular weight excluding hydrogens is 368 g/mol. The summed E-state index contributed by atoms with van der Waals surface area (Å²) in [5.74, 6) is -0.218. The molecule has 0 fully saturated rings. The van der Waals surface area contributed by atoms with Crippen molar-refractivity contribution in [1.29, 1.82) is 0 Å². The summed E-state index contributed by atoms with van der Waals surface area (Å²) in [7, 11) is 0. The van der Waals surface area contributed by atoms with Gasteiger partial charge in [-0.2, -0.15) is 0 Å². The smallest absolute Gasteiger partial charge is 0.288 e. The Hall–Kier alpha value is -2.97. The molecule has 0 saturated heterocycles. The number of aromatic amines is 1. The molecule has 2 aromatic heterocycles. The molecule has 0 saturated carbocycles. The van der Waals surface area contributed by atoms with Gasteiger partial charge in [0.05, 0.1) is 20.4 Å². The van der Waals surface area contributed by atoms with Crippen LogP contribution in [0.5, 0.6) is 0 Å². The summed E-state index contributed by atoms with van der Waals surface area (Å²) in [6, 6.07) is 7.33. The molecule has 3 rings (SSSR count). The maximum absolute atomic E-state index is 12.0. The number of hydrogen-bond acceptors (Lipinski definition) is 6. The summed E-state index contributed by atoms with van der Waals surface area (Å²) in [5, 5.41) is 10.9. The number of ketones is 1. The maximum Gasteiger partial charge on any atom is 0.288 e. The fourth-order valence-electron chi connectivity index (χ4n) is 2.04. The number of carbonyl (C=O) groups is 1. The summed E-state index contributed by atoms with van der Waals surface area (Å²) >= 11 is 6.82. The molecular formula is C16H9ClN2O5S. The third-order valence-corrected chi connectivity index (χ3v) is 4.45. The Morgan fingerprint density at radius 1 is 1.36 bits per heavy atom. The van der Waals surface area contributed by atoms with Crippen molar-refractivity contribution >= 4 is 46.6 Å². The average molecular weight is 377 g/mol. The van der Waals surface area contributed by atoms with Gasteiger partial charge in [0.2, 0.25) is 5.78 Å². The number of aromatic nitrogens is 1. The van der Waals surface area contributed by atoms with Crippen molar-refractivity contribution in [1.82, 2.24) is 4.98 Å². The van der Waals surface area contributed by atoms with E-state index in [2.05, 4.69) is 4.98 Å². The fraction of sp³-hybridized carbons (Fsp3) is 0. The van der Waals surface area contributed by atoms with Gasteiger partial charge in [0.15, 0.2) is 5.76 Å². The lowest BCUT2D eigenvalue weighted by Crippen LogP contribution is -2.20. The maximum atomic E-state index is 12.0. The second-order valence-electron chi connectivity index (χ2n) is 4.88. The molecule has 0 atom stereocenters. The Morgan fingerprint density at radius 3 is 2.84 bits per heavy atom. The molecule has 0 radical (unpaired) electrons. The molecule has 1 aromatic carbocycles. The van der Waals surface area contributed by atoms with Crippen LogP contribution in [-0.2, 0) is 0 Å². The van der Waals surface area contributed by atoms with Gasteiger partial charge in [-0.25, -0.2) is 0 Å². The molecule has 0 bridgehead atoms. The number of rotatable bonds is 4. The van der Waals surface area contributed by atoms with E-state index in [1.54, 1.807) is 12.1 Å². The number of nitro groups is 1. The zero-order valence-electron chi connectivity index (χ0n) is 12.4. The number of halogens is 1. The number of carbonyl (C=O) groups excluding carboxylic acids is 1. The minimum atomic E-state index is -0.598. The normalized spacial score (nSPS) is 12.5. The quantitative estimate of drug-likeness (QED) is 0.426. The van der Waals surface area contributed by atoms with Crippen molar-refractivity contribution in [2.45, 2.75) is 0 Å². The molecule has 25 heavy (non-hydrogen) atoms. The van der Waals surface area contributed by atoms with Gasteiger partial charge >= 0.3 is 0 Å². The van der Waals surface area contributed by atoms with Gasteiger partial charge < -0.3 is 9.40 Å². The number of hydrogen-bond donors (Lipinski definition) is 1. The summed E-state index contributed by atoms with van der Waals surface area (Å²) in [4.78, 5) is 36.8. The van der Waals surface area contributed by atoms with Crippen molar-refractivity contribution in [2.75, 3.05) is 0 Å². The van der Waals surface area contributed by atoms with E-state index in [9.17, 15) is 19.7 Å². The third kappa shape index (κ3) is 3.76. The molecule has 2 heterocycles. The zero-order valence-corrected chi connectivity index (χ0v) is 14.0. The van der Waals surface area contributed by atoms with E-state index in [4.69, 9.17) is 16.0 Å². The van der Waals surface area contributed by atoms with Crippen molar-refractivity contribution in [3.63, 3.8) is 0 Å². The van der Waals surface area contributed by atoms with Crippen LogP contribution in [0.15, 0.2) is 45.8 Å². The van der Waals surface area contributed by atoms with Crippen LogP contribution in [0.4, 0.5) is 5.69 Å². The van der Waals surface area contributed by atoms with Gasteiger partial charge in [-0.3, -0.25) is 19.7 Å². The highest BCUT2D eigenvalue weighted by Crippen LogP contribution is 2.25. The highest BCUT2D eigenvalue weighted by Gasteiger charge is 2.12. The Morgan fingerprint density at radius 2 is 2.16 bits per heavy atom. The first kappa shape index (κ1) is 16.9. The number of thiazole rings is 1. The predicted octanol–water partition coefficient (Wildman–Crippen LogP) is 2.08. The summed E-state index contributed by atoms with van der Waals surface area (Å²) < 4.78 is 5.64. The Kier molecular flexibility index (Phi) is 4.64. The molecule has 9 heteroatoms. The number of nitro benzene ring substituents is 1. The van der Waals surface area contributed by atoms with E-state index in [0.29, 0.717) is 14.8 Å². The first-order chi connectivity index (χ1) is 11.9. The summed E-state index contributed by atoms with van der Waals surface area (Å²) in [6.07, 6.45) is 4.12. The van der Waals surface area contributed by atoms with Crippen LogP contribution in [0.25, 0.3) is 12.2 Å². The second kappa shape index (κ2) is 6.88. The minimum absolute atomic E-state index is 0.0142. The zero-order chi connectivity index (χ0) is 18.0. The SMILES string of the molecule is O=C(/C=c1/[nH]c(=O)/c(=C/c2ccc(Cl)c([N+](=O)[O-])c2)s1)c1ccco1. The van der Waals surface area contributed by atoms with Gasteiger partial charge in [-0.15, -0.1) is 11.3 Å².